The van der Waals surface area contributed by atoms with Crippen LogP contribution in [0.15, 0.2) is 0 Å². The maximum atomic E-state index is 12.5. The minimum atomic E-state index is -0.493. The molecule has 0 aromatic rings. The second-order valence-electron chi connectivity index (χ2n) is 6.77. The number of esters is 1. The number of carbonyl (C=O) groups excluding carboxylic acids is 1. The third-order valence-electron chi connectivity index (χ3n) is 4.48. The van der Waals surface area contributed by atoms with Crippen molar-refractivity contribution in [3.8, 4) is 0 Å². The van der Waals surface area contributed by atoms with Gasteiger partial charge >= 0.3 is 5.97 Å². The number of nitrogens with zero attached hydrogens (tertiary/aromatic N) is 1. The topological polar surface area (TPSA) is 41.6 Å². The largest absolute Gasteiger partial charge is 0.465 e. The van der Waals surface area contributed by atoms with E-state index in [4.69, 9.17) is 4.74 Å². The molecule has 2 rings (SSSR count). The van der Waals surface area contributed by atoms with Gasteiger partial charge in [0.05, 0.1) is 6.61 Å². The Kier molecular flexibility index (Phi) is 5.08. The summed E-state index contributed by atoms with van der Waals surface area (Å²) >= 11 is 0. The molecule has 1 unspecified atom stereocenters. The van der Waals surface area contributed by atoms with Crippen LogP contribution in [0, 0.1) is 11.8 Å². The van der Waals surface area contributed by atoms with E-state index in [-0.39, 0.29) is 5.97 Å². The Bertz CT molecular complexity index is 337. The SMILES string of the molecule is CCOC(=O)C(CN(CC(C)C)C1CC1)(NC)C1CC1. The van der Waals surface area contributed by atoms with E-state index >= 15 is 0 Å². The first kappa shape index (κ1) is 15.8. The van der Waals surface area contributed by atoms with Gasteiger partial charge in [0.25, 0.3) is 0 Å². The minimum absolute atomic E-state index is 0.0561. The smallest absolute Gasteiger partial charge is 0.327 e. The molecule has 0 aromatic heterocycles. The van der Waals surface area contributed by atoms with Crippen molar-refractivity contribution in [1.29, 1.82) is 0 Å². The summed E-state index contributed by atoms with van der Waals surface area (Å²) in [4.78, 5) is 15.0. The Balaban J connectivity index is 2.10. The standard InChI is InChI=1S/C16H30N2O2/c1-5-20-15(19)16(17-4,13-6-7-13)11-18(10-12(2)3)14-8-9-14/h12-14,17H,5-11H2,1-4H3. The van der Waals surface area contributed by atoms with Gasteiger partial charge in [0.2, 0.25) is 0 Å². The van der Waals surface area contributed by atoms with Gasteiger partial charge < -0.3 is 10.1 Å². The maximum Gasteiger partial charge on any atom is 0.327 e. The van der Waals surface area contributed by atoms with Crippen LogP contribution in [0.5, 0.6) is 0 Å². The molecule has 2 aliphatic rings. The van der Waals surface area contributed by atoms with Crippen LogP contribution in [0.2, 0.25) is 0 Å². The highest BCUT2D eigenvalue weighted by Crippen LogP contribution is 2.42. The molecule has 2 aliphatic carbocycles. The molecule has 2 saturated carbocycles. The van der Waals surface area contributed by atoms with Gasteiger partial charge in [0.15, 0.2) is 0 Å². The lowest BCUT2D eigenvalue weighted by atomic mass is 9.92. The first-order valence-corrected chi connectivity index (χ1v) is 8.13. The van der Waals surface area contributed by atoms with Crippen LogP contribution < -0.4 is 5.32 Å². The number of ether oxygens (including phenoxy) is 1. The van der Waals surface area contributed by atoms with E-state index in [9.17, 15) is 4.79 Å². The predicted molar refractivity (Wildman–Crippen MR) is 80.6 cm³/mol. The van der Waals surface area contributed by atoms with E-state index in [2.05, 4.69) is 24.1 Å². The van der Waals surface area contributed by atoms with E-state index < -0.39 is 5.54 Å². The molecule has 0 aliphatic heterocycles. The molecule has 20 heavy (non-hydrogen) atoms. The van der Waals surface area contributed by atoms with Crippen LogP contribution in [-0.4, -0.2) is 49.2 Å². The summed E-state index contributed by atoms with van der Waals surface area (Å²) in [6.07, 6.45) is 4.83. The zero-order valence-electron chi connectivity index (χ0n) is 13.4. The number of likely N-dealkylation sites (N-methyl/N-ethyl adjacent to an activating group) is 1. The lowest BCUT2D eigenvalue weighted by molar-refractivity contribution is -0.153. The Morgan fingerprint density at radius 2 is 2.00 bits per heavy atom. The Labute approximate surface area is 123 Å². The van der Waals surface area contributed by atoms with Gasteiger partial charge in [-0.25, -0.2) is 4.79 Å². The molecule has 0 bridgehead atoms. The van der Waals surface area contributed by atoms with Gasteiger partial charge in [-0.05, 0) is 51.5 Å². The molecule has 2 fully saturated rings. The number of rotatable bonds is 9. The Hall–Kier alpha value is -0.610. The van der Waals surface area contributed by atoms with Crippen molar-refractivity contribution in [2.75, 3.05) is 26.7 Å². The van der Waals surface area contributed by atoms with Gasteiger partial charge in [-0.15, -0.1) is 0 Å². The first-order valence-electron chi connectivity index (χ1n) is 8.13. The fourth-order valence-electron chi connectivity index (χ4n) is 3.15. The first-order chi connectivity index (χ1) is 9.53. The lowest BCUT2D eigenvalue weighted by Crippen LogP contribution is -2.60. The van der Waals surface area contributed by atoms with Gasteiger partial charge in [-0.3, -0.25) is 4.90 Å². The summed E-state index contributed by atoms with van der Waals surface area (Å²) in [6.45, 7) is 8.71. The molecule has 0 amide bonds. The summed E-state index contributed by atoms with van der Waals surface area (Å²) in [5.41, 5.74) is -0.493. The van der Waals surface area contributed by atoms with E-state index in [0.717, 1.165) is 25.9 Å². The molecule has 4 nitrogen and oxygen atoms in total. The molecular formula is C16H30N2O2. The summed E-state index contributed by atoms with van der Waals surface area (Å²) in [7, 11) is 1.91. The van der Waals surface area contributed by atoms with Crippen LogP contribution in [0.1, 0.15) is 46.5 Å². The molecule has 1 N–H and O–H groups in total. The second-order valence-corrected chi connectivity index (χ2v) is 6.77. The molecule has 4 heteroatoms. The van der Waals surface area contributed by atoms with E-state index in [0.29, 0.717) is 24.5 Å². The van der Waals surface area contributed by atoms with Gasteiger partial charge in [-0.1, -0.05) is 13.8 Å². The third kappa shape index (κ3) is 3.53. The van der Waals surface area contributed by atoms with Crippen molar-refractivity contribution < 1.29 is 9.53 Å². The van der Waals surface area contributed by atoms with Crippen LogP contribution >= 0.6 is 0 Å². The van der Waals surface area contributed by atoms with E-state index in [1.165, 1.54) is 12.8 Å². The van der Waals surface area contributed by atoms with Crippen molar-refractivity contribution in [1.82, 2.24) is 10.2 Å². The Morgan fingerprint density at radius 3 is 2.40 bits per heavy atom. The summed E-state index contributed by atoms with van der Waals surface area (Å²) in [6, 6.07) is 0.679. The van der Waals surface area contributed by atoms with Gasteiger partial charge in [0.1, 0.15) is 5.54 Å². The summed E-state index contributed by atoms with van der Waals surface area (Å²) in [5, 5.41) is 3.33. The quantitative estimate of drug-likeness (QED) is 0.657. The fourth-order valence-corrected chi connectivity index (χ4v) is 3.15. The number of hydrogen-bond acceptors (Lipinski definition) is 4. The van der Waals surface area contributed by atoms with Crippen LogP contribution in [0.25, 0.3) is 0 Å². The average Bonchev–Trinajstić information content (AvgIpc) is 3.27. The zero-order chi connectivity index (χ0) is 14.8. The van der Waals surface area contributed by atoms with Crippen molar-refractivity contribution in [3.05, 3.63) is 0 Å². The molecule has 0 spiro atoms. The zero-order valence-corrected chi connectivity index (χ0v) is 13.4. The van der Waals surface area contributed by atoms with Crippen LogP contribution in [0.4, 0.5) is 0 Å². The number of carbonyl (C=O) groups is 1. The molecular weight excluding hydrogens is 252 g/mol. The highest BCUT2D eigenvalue weighted by molar-refractivity contribution is 5.82. The van der Waals surface area contributed by atoms with Crippen LogP contribution in [0.3, 0.4) is 0 Å². The maximum absolute atomic E-state index is 12.5. The number of nitrogens with one attached hydrogen (secondary N) is 1. The summed E-state index contributed by atoms with van der Waals surface area (Å²) < 4.78 is 5.38. The molecule has 0 heterocycles. The van der Waals surface area contributed by atoms with Gasteiger partial charge in [-0.2, -0.15) is 0 Å². The van der Waals surface area contributed by atoms with Gasteiger partial charge in [0, 0.05) is 19.1 Å². The third-order valence-corrected chi connectivity index (χ3v) is 4.48. The monoisotopic (exact) mass is 282 g/mol. The Morgan fingerprint density at radius 1 is 1.35 bits per heavy atom. The lowest BCUT2D eigenvalue weighted by Gasteiger charge is -2.37. The average molecular weight is 282 g/mol. The van der Waals surface area contributed by atoms with Crippen molar-refractivity contribution in [2.45, 2.75) is 58.0 Å². The highest BCUT2D eigenvalue weighted by atomic mass is 16.5. The van der Waals surface area contributed by atoms with Crippen molar-refractivity contribution >= 4 is 5.97 Å². The number of hydrogen-bond donors (Lipinski definition) is 1. The molecule has 0 radical (unpaired) electrons. The predicted octanol–water partition coefficient (Wildman–Crippen LogP) is 2.04. The molecule has 116 valence electrons. The molecule has 0 aromatic carbocycles. The van der Waals surface area contributed by atoms with Crippen LogP contribution in [-0.2, 0) is 9.53 Å². The minimum Gasteiger partial charge on any atom is -0.465 e. The normalized spacial score (nSPS) is 22.1. The second kappa shape index (κ2) is 6.44. The van der Waals surface area contributed by atoms with Crippen molar-refractivity contribution in [2.24, 2.45) is 11.8 Å². The summed E-state index contributed by atoms with van der Waals surface area (Å²) in [5.74, 6) is 1.02. The fraction of sp³-hybridized carbons (Fsp3) is 0.938. The molecule has 1 atom stereocenters. The molecule has 0 saturated heterocycles. The van der Waals surface area contributed by atoms with E-state index in [1.54, 1.807) is 0 Å². The van der Waals surface area contributed by atoms with E-state index in [1.807, 2.05) is 14.0 Å². The van der Waals surface area contributed by atoms with Crippen molar-refractivity contribution in [3.63, 3.8) is 0 Å². The highest BCUT2D eigenvalue weighted by Gasteiger charge is 2.53.